The van der Waals surface area contributed by atoms with Gasteiger partial charge in [-0.15, -0.1) is 0 Å². The van der Waals surface area contributed by atoms with Crippen molar-refractivity contribution in [1.29, 1.82) is 0 Å². The highest BCUT2D eigenvalue weighted by Crippen LogP contribution is 2.36. The molecule has 0 spiro atoms. The molecule has 5 aromatic rings. The van der Waals surface area contributed by atoms with Gasteiger partial charge in [0.2, 0.25) is 0 Å². The van der Waals surface area contributed by atoms with Crippen LogP contribution in [0.3, 0.4) is 0 Å². The van der Waals surface area contributed by atoms with E-state index in [1.54, 1.807) is 0 Å². The molecule has 0 atom stereocenters. The maximum absolute atomic E-state index is 3.59. The molecule has 25 heavy (non-hydrogen) atoms. The molecule has 0 N–H and O–H groups in total. The number of fused-ring (bicyclic) bond motifs is 4. The number of benzene rings is 4. The van der Waals surface area contributed by atoms with Gasteiger partial charge in [0.15, 0.2) is 0 Å². The lowest BCUT2D eigenvalue weighted by Crippen LogP contribution is -1.96. The first kappa shape index (κ1) is 15.4. The molecule has 1 heterocycles. The molecule has 3 heteroatoms. The molecular weight excluding hydrogens is 485 g/mol. The molecule has 0 saturated carbocycles. The SMILES string of the molecule is Brc1ccc2cc3c(cc2c1)c1ccccc1n3-c1ccccc1I. The monoisotopic (exact) mass is 497 g/mol. The van der Waals surface area contributed by atoms with Crippen molar-refractivity contribution in [3.63, 3.8) is 0 Å². The minimum atomic E-state index is 1.11. The highest BCUT2D eigenvalue weighted by Gasteiger charge is 2.14. The summed E-state index contributed by atoms with van der Waals surface area (Å²) in [6.45, 7) is 0. The van der Waals surface area contributed by atoms with Crippen molar-refractivity contribution in [2.24, 2.45) is 0 Å². The summed E-state index contributed by atoms with van der Waals surface area (Å²) in [5.74, 6) is 0. The number of nitrogens with zero attached hydrogens (tertiary/aromatic N) is 1. The fraction of sp³-hybridized carbons (Fsp3) is 0. The molecule has 0 aliphatic rings. The number of para-hydroxylation sites is 2. The summed E-state index contributed by atoms with van der Waals surface area (Å²) < 4.78 is 4.74. The Morgan fingerprint density at radius 2 is 1.48 bits per heavy atom. The first-order chi connectivity index (χ1) is 12.2. The van der Waals surface area contributed by atoms with E-state index in [0.717, 1.165) is 4.47 Å². The molecule has 0 unspecified atom stereocenters. The van der Waals surface area contributed by atoms with Crippen LogP contribution in [0.25, 0.3) is 38.3 Å². The van der Waals surface area contributed by atoms with Gasteiger partial charge in [-0.25, -0.2) is 0 Å². The molecule has 1 nitrogen and oxygen atoms in total. The quantitative estimate of drug-likeness (QED) is 0.214. The predicted molar refractivity (Wildman–Crippen MR) is 119 cm³/mol. The average Bonchev–Trinajstić information content (AvgIpc) is 2.94. The zero-order chi connectivity index (χ0) is 17.0. The van der Waals surface area contributed by atoms with Gasteiger partial charge in [-0.3, -0.25) is 0 Å². The smallest absolute Gasteiger partial charge is 0.0595 e. The fourth-order valence-electron chi connectivity index (χ4n) is 3.58. The van der Waals surface area contributed by atoms with Crippen LogP contribution in [0.4, 0.5) is 0 Å². The maximum Gasteiger partial charge on any atom is 0.0595 e. The minimum Gasteiger partial charge on any atom is -0.308 e. The minimum absolute atomic E-state index is 1.11. The fourth-order valence-corrected chi connectivity index (χ4v) is 4.58. The molecule has 0 bridgehead atoms. The van der Waals surface area contributed by atoms with Crippen LogP contribution in [0.2, 0.25) is 0 Å². The van der Waals surface area contributed by atoms with E-state index in [1.165, 1.54) is 41.8 Å². The highest BCUT2D eigenvalue weighted by molar-refractivity contribution is 14.1. The summed E-state index contributed by atoms with van der Waals surface area (Å²) in [5.41, 5.74) is 3.72. The molecule has 0 fully saturated rings. The van der Waals surface area contributed by atoms with Crippen LogP contribution in [0.15, 0.2) is 83.3 Å². The second kappa shape index (κ2) is 5.85. The molecular formula is C22H13BrIN. The average molecular weight is 498 g/mol. The van der Waals surface area contributed by atoms with E-state index in [2.05, 4.69) is 122 Å². The van der Waals surface area contributed by atoms with Crippen LogP contribution in [0, 0.1) is 3.57 Å². The Hall–Kier alpha value is -1.85. The topological polar surface area (TPSA) is 4.93 Å². The van der Waals surface area contributed by atoms with E-state index in [0.29, 0.717) is 0 Å². The number of rotatable bonds is 1. The Bertz CT molecular complexity index is 1270. The molecule has 0 aliphatic heterocycles. The Kier molecular flexibility index (Phi) is 3.61. The third-order valence-corrected chi connectivity index (χ3v) is 6.09. The lowest BCUT2D eigenvalue weighted by molar-refractivity contribution is 1.17. The standard InChI is InChI=1S/C22H13BrIN/c23-16-10-9-14-13-22-18(12-15(14)11-16)17-5-1-3-7-20(17)25(22)21-8-4-2-6-19(21)24/h1-13H. The second-order valence-corrected chi connectivity index (χ2v) is 8.24. The van der Waals surface area contributed by atoms with Gasteiger partial charge in [-0.2, -0.15) is 0 Å². The Morgan fingerprint density at radius 1 is 0.680 bits per heavy atom. The summed E-state index contributed by atoms with van der Waals surface area (Å²) in [7, 11) is 0. The van der Waals surface area contributed by atoms with Gasteiger partial charge in [-0.05, 0) is 75.8 Å². The zero-order valence-corrected chi connectivity index (χ0v) is 17.0. The largest absolute Gasteiger partial charge is 0.308 e. The van der Waals surface area contributed by atoms with Crippen LogP contribution in [0.5, 0.6) is 0 Å². The van der Waals surface area contributed by atoms with Gasteiger partial charge in [-0.1, -0.05) is 52.3 Å². The van der Waals surface area contributed by atoms with Crippen molar-refractivity contribution in [2.75, 3.05) is 0 Å². The predicted octanol–water partition coefficient (Wildman–Crippen LogP) is 7.30. The third kappa shape index (κ3) is 2.41. The molecule has 0 saturated heterocycles. The molecule has 5 rings (SSSR count). The zero-order valence-electron chi connectivity index (χ0n) is 13.2. The molecule has 120 valence electrons. The Morgan fingerprint density at radius 3 is 2.36 bits per heavy atom. The summed E-state index contributed by atoms with van der Waals surface area (Å²) in [6, 6.07) is 28.3. The van der Waals surface area contributed by atoms with Crippen molar-refractivity contribution in [3.8, 4) is 5.69 Å². The number of halogens is 2. The van der Waals surface area contributed by atoms with E-state index in [1.807, 2.05) is 0 Å². The van der Waals surface area contributed by atoms with E-state index >= 15 is 0 Å². The normalized spacial score (nSPS) is 11.6. The summed E-state index contributed by atoms with van der Waals surface area (Å²) in [4.78, 5) is 0. The van der Waals surface area contributed by atoms with Crippen LogP contribution >= 0.6 is 38.5 Å². The molecule has 0 aliphatic carbocycles. The second-order valence-electron chi connectivity index (χ2n) is 6.16. The number of hydrogen-bond acceptors (Lipinski definition) is 0. The van der Waals surface area contributed by atoms with Gasteiger partial charge < -0.3 is 4.57 Å². The van der Waals surface area contributed by atoms with Gasteiger partial charge in [0, 0.05) is 18.8 Å². The van der Waals surface area contributed by atoms with Crippen LogP contribution in [-0.2, 0) is 0 Å². The number of aromatic nitrogens is 1. The first-order valence-electron chi connectivity index (χ1n) is 8.10. The Labute approximate surface area is 167 Å². The van der Waals surface area contributed by atoms with Gasteiger partial charge in [0.1, 0.15) is 0 Å². The van der Waals surface area contributed by atoms with Crippen molar-refractivity contribution in [3.05, 3.63) is 86.9 Å². The summed E-state index contributed by atoms with van der Waals surface area (Å²) in [5, 5.41) is 5.10. The Balaban J connectivity index is 2.01. The highest BCUT2D eigenvalue weighted by atomic mass is 127. The maximum atomic E-state index is 3.59. The molecule has 0 amide bonds. The van der Waals surface area contributed by atoms with E-state index in [4.69, 9.17) is 0 Å². The van der Waals surface area contributed by atoms with Crippen LogP contribution < -0.4 is 0 Å². The van der Waals surface area contributed by atoms with E-state index in [-0.39, 0.29) is 0 Å². The molecule has 4 aromatic carbocycles. The molecule has 0 radical (unpaired) electrons. The van der Waals surface area contributed by atoms with E-state index in [9.17, 15) is 0 Å². The van der Waals surface area contributed by atoms with Crippen molar-refractivity contribution in [2.45, 2.75) is 0 Å². The van der Waals surface area contributed by atoms with Crippen LogP contribution in [-0.4, -0.2) is 4.57 Å². The van der Waals surface area contributed by atoms with Crippen molar-refractivity contribution < 1.29 is 0 Å². The molecule has 1 aromatic heterocycles. The van der Waals surface area contributed by atoms with E-state index < -0.39 is 0 Å². The summed E-state index contributed by atoms with van der Waals surface area (Å²) in [6.07, 6.45) is 0. The van der Waals surface area contributed by atoms with Gasteiger partial charge in [0.05, 0.1) is 16.7 Å². The first-order valence-corrected chi connectivity index (χ1v) is 9.97. The number of hydrogen-bond donors (Lipinski definition) is 0. The summed E-state index contributed by atoms with van der Waals surface area (Å²) >= 11 is 6.01. The lowest BCUT2D eigenvalue weighted by atomic mass is 10.1. The third-order valence-electron chi connectivity index (χ3n) is 4.69. The van der Waals surface area contributed by atoms with Crippen LogP contribution in [0.1, 0.15) is 0 Å². The van der Waals surface area contributed by atoms with Gasteiger partial charge in [0.25, 0.3) is 0 Å². The van der Waals surface area contributed by atoms with Crippen molar-refractivity contribution in [1.82, 2.24) is 4.57 Å². The van der Waals surface area contributed by atoms with Gasteiger partial charge >= 0.3 is 0 Å². The lowest BCUT2D eigenvalue weighted by Gasteiger charge is -2.10. The van der Waals surface area contributed by atoms with Crippen molar-refractivity contribution >= 4 is 71.1 Å².